The lowest BCUT2D eigenvalue weighted by Crippen LogP contribution is -2.40. The van der Waals surface area contributed by atoms with E-state index in [2.05, 4.69) is 5.32 Å². The minimum Gasteiger partial charge on any atom is -0.485 e. The number of anilines is 1. The van der Waals surface area contributed by atoms with Gasteiger partial charge >= 0.3 is 5.97 Å². The van der Waals surface area contributed by atoms with Gasteiger partial charge in [0, 0.05) is 5.39 Å². The summed E-state index contributed by atoms with van der Waals surface area (Å²) < 4.78 is 21.9. The Morgan fingerprint density at radius 1 is 1.11 bits per heavy atom. The Morgan fingerprint density at radius 3 is 2.67 bits per heavy atom. The fourth-order valence-electron chi connectivity index (χ4n) is 2.86. The van der Waals surface area contributed by atoms with Gasteiger partial charge in [-0.1, -0.05) is 24.3 Å². The summed E-state index contributed by atoms with van der Waals surface area (Å²) in [5.74, 6) is -0.0608. The van der Waals surface area contributed by atoms with Crippen LogP contribution in [0.25, 0.3) is 11.0 Å². The van der Waals surface area contributed by atoms with Gasteiger partial charge in [-0.05, 0) is 31.2 Å². The van der Waals surface area contributed by atoms with E-state index >= 15 is 0 Å². The minimum atomic E-state index is -0.858. The van der Waals surface area contributed by atoms with Crippen LogP contribution in [0, 0.1) is 0 Å². The summed E-state index contributed by atoms with van der Waals surface area (Å²) in [6, 6.07) is 14.2. The molecule has 7 heteroatoms. The first-order valence-corrected chi connectivity index (χ1v) is 8.55. The third kappa shape index (κ3) is 3.19. The number of carbonyl (C=O) groups is 2. The number of carbonyl (C=O) groups excluding carboxylic acids is 2. The van der Waals surface area contributed by atoms with Crippen LogP contribution < -0.4 is 14.8 Å². The average Bonchev–Trinajstić information content (AvgIpc) is 3.06. The molecule has 27 heavy (non-hydrogen) atoms. The molecule has 2 aromatic carbocycles. The summed E-state index contributed by atoms with van der Waals surface area (Å²) in [5.41, 5.74) is 0.735. The lowest BCUT2D eigenvalue weighted by Gasteiger charge is -2.25. The van der Waals surface area contributed by atoms with Crippen molar-refractivity contribution in [2.24, 2.45) is 0 Å². The fraction of sp³-hybridized carbons (Fsp3) is 0.200. The number of fused-ring (bicyclic) bond motifs is 2. The van der Waals surface area contributed by atoms with Crippen LogP contribution in [0.3, 0.4) is 0 Å². The molecule has 1 amide bonds. The number of ether oxygens (including phenoxy) is 3. The predicted octanol–water partition coefficient (Wildman–Crippen LogP) is 3.39. The Bertz CT molecular complexity index is 1010. The van der Waals surface area contributed by atoms with E-state index in [1.165, 1.54) is 0 Å². The summed E-state index contributed by atoms with van der Waals surface area (Å²) in [5, 5.41) is 3.34. The Morgan fingerprint density at radius 2 is 1.85 bits per heavy atom. The molecule has 1 atom stereocenters. The van der Waals surface area contributed by atoms with E-state index in [9.17, 15) is 9.59 Å². The minimum absolute atomic E-state index is 0.0523. The zero-order valence-electron chi connectivity index (χ0n) is 14.6. The standard InChI is InChI=1S/C20H17NO6/c1-2-24-20(23)18-17(12-7-3-4-8-13(12)27-18)21-19(22)16-11-25-14-9-5-6-10-15(14)26-16/h3-10,16H,2,11H2,1H3,(H,21,22)/t16-/m0/s1. The van der Waals surface area contributed by atoms with Gasteiger partial charge in [0.1, 0.15) is 17.9 Å². The van der Waals surface area contributed by atoms with Crippen molar-refractivity contribution in [3.05, 3.63) is 54.3 Å². The highest BCUT2D eigenvalue weighted by molar-refractivity contribution is 6.10. The third-order valence-corrected chi connectivity index (χ3v) is 4.11. The van der Waals surface area contributed by atoms with Gasteiger partial charge in [-0.15, -0.1) is 0 Å². The number of hydrogen-bond acceptors (Lipinski definition) is 6. The second-order valence-corrected chi connectivity index (χ2v) is 5.88. The monoisotopic (exact) mass is 367 g/mol. The molecule has 0 fully saturated rings. The maximum absolute atomic E-state index is 12.7. The number of amides is 1. The lowest BCUT2D eigenvalue weighted by atomic mass is 10.2. The molecule has 1 aliphatic heterocycles. The Hall–Kier alpha value is -3.48. The van der Waals surface area contributed by atoms with E-state index in [0.717, 1.165) is 0 Å². The van der Waals surface area contributed by atoms with Gasteiger partial charge in [-0.25, -0.2) is 4.79 Å². The zero-order valence-corrected chi connectivity index (χ0v) is 14.6. The zero-order chi connectivity index (χ0) is 18.8. The smallest absolute Gasteiger partial charge is 0.376 e. The molecule has 0 saturated carbocycles. The predicted molar refractivity (Wildman–Crippen MR) is 97.2 cm³/mol. The molecule has 2 heterocycles. The average molecular weight is 367 g/mol. The van der Waals surface area contributed by atoms with E-state index in [0.29, 0.717) is 22.5 Å². The van der Waals surface area contributed by atoms with Crippen molar-refractivity contribution in [3.8, 4) is 11.5 Å². The van der Waals surface area contributed by atoms with Crippen molar-refractivity contribution < 1.29 is 28.2 Å². The molecule has 0 bridgehead atoms. The maximum atomic E-state index is 12.7. The highest BCUT2D eigenvalue weighted by Gasteiger charge is 2.30. The molecule has 7 nitrogen and oxygen atoms in total. The van der Waals surface area contributed by atoms with E-state index < -0.39 is 18.0 Å². The largest absolute Gasteiger partial charge is 0.485 e. The number of para-hydroxylation sites is 3. The van der Waals surface area contributed by atoms with E-state index in [4.69, 9.17) is 18.6 Å². The lowest BCUT2D eigenvalue weighted by molar-refractivity contribution is -0.125. The molecule has 0 spiro atoms. The van der Waals surface area contributed by atoms with Crippen LogP contribution in [0.15, 0.2) is 52.9 Å². The fourth-order valence-corrected chi connectivity index (χ4v) is 2.86. The van der Waals surface area contributed by atoms with Crippen molar-refractivity contribution >= 4 is 28.5 Å². The Labute approximate surface area is 154 Å². The molecule has 0 aliphatic carbocycles. The molecular formula is C20H17NO6. The molecule has 1 N–H and O–H groups in total. The molecule has 1 aliphatic rings. The third-order valence-electron chi connectivity index (χ3n) is 4.11. The van der Waals surface area contributed by atoms with Crippen LogP contribution in [0.4, 0.5) is 5.69 Å². The van der Waals surface area contributed by atoms with Crippen molar-refractivity contribution in [1.29, 1.82) is 0 Å². The first-order chi connectivity index (χ1) is 13.2. The van der Waals surface area contributed by atoms with Crippen molar-refractivity contribution in [2.45, 2.75) is 13.0 Å². The van der Waals surface area contributed by atoms with E-state index in [1.54, 1.807) is 49.4 Å². The second-order valence-electron chi connectivity index (χ2n) is 5.88. The molecule has 3 aromatic rings. The Balaban J connectivity index is 1.62. The number of benzene rings is 2. The SMILES string of the molecule is CCOC(=O)c1oc2ccccc2c1NC(=O)[C@@H]1COc2ccccc2O1. The van der Waals surface area contributed by atoms with Gasteiger partial charge in [0.25, 0.3) is 5.91 Å². The summed E-state index contributed by atoms with van der Waals surface area (Å²) in [6.07, 6.45) is -0.858. The topological polar surface area (TPSA) is 87.0 Å². The number of esters is 1. The van der Waals surface area contributed by atoms with Crippen molar-refractivity contribution in [2.75, 3.05) is 18.5 Å². The van der Waals surface area contributed by atoms with Gasteiger partial charge in [-0.3, -0.25) is 4.79 Å². The van der Waals surface area contributed by atoms with Gasteiger partial charge in [0.05, 0.1) is 6.61 Å². The van der Waals surface area contributed by atoms with Gasteiger partial charge < -0.3 is 23.9 Å². The van der Waals surface area contributed by atoms with Crippen molar-refractivity contribution in [1.82, 2.24) is 0 Å². The van der Waals surface area contributed by atoms with Crippen LogP contribution in [0.1, 0.15) is 17.5 Å². The van der Waals surface area contributed by atoms with Crippen LogP contribution in [0.2, 0.25) is 0 Å². The van der Waals surface area contributed by atoms with Crippen LogP contribution in [0.5, 0.6) is 11.5 Å². The van der Waals surface area contributed by atoms with E-state index in [1.807, 2.05) is 6.07 Å². The van der Waals surface area contributed by atoms with Gasteiger partial charge in [0.15, 0.2) is 11.5 Å². The summed E-state index contributed by atoms with van der Waals surface area (Å²) in [6.45, 7) is 1.95. The van der Waals surface area contributed by atoms with Gasteiger partial charge in [-0.2, -0.15) is 0 Å². The first-order valence-electron chi connectivity index (χ1n) is 8.55. The van der Waals surface area contributed by atoms with E-state index in [-0.39, 0.29) is 24.7 Å². The molecule has 0 radical (unpaired) electrons. The molecule has 138 valence electrons. The second kappa shape index (κ2) is 7.03. The molecule has 0 saturated heterocycles. The molecule has 0 unspecified atom stereocenters. The van der Waals surface area contributed by atoms with Crippen molar-refractivity contribution in [3.63, 3.8) is 0 Å². The Kier molecular flexibility index (Phi) is 4.42. The highest BCUT2D eigenvalue weighted by atomic mass is 16.6. The normalized spacial score (nSPS) is 15.4. The quantitative estimate of drug-likeness (QED) is 0.712. The molecule has 1 aromatic heterocycles. The molecular weight excluding hydrogens is 350 g/mol. The summed E-state index contributed by atoms with van der Waals surface area (Å²) >= 11 is 0. The van der Waals surface area contributed by atoms with Crippen LogP contribution >= 0.6 is 0 Å². The van der Waals surface area contributed by atoms with Gasteiger partial charge in [0.2, 0.25) is 11.9 Å². The number of rotatable bonds is 4. The maximum Gasteiger partial charge on any atom is 0.376 e. The number of hydrogen-bond donors (Lipinski definition) is 1. The summed E-state index contributed by atoms with van der Waals surface area (Å²) in [7, 11) is 0. The van der Waals surface area contributed by atoms with Crippen LogP contribution in [-0.4, -0.2) is 31.2 Å². The number of furan rings is 1. The molecule has 4 rings (SSSR count). The number of nitrogens with one attached hydrogen (secondary N) is 1. The first kappa shape index (κ1) is 17.0. The highest BCUT2D eigenvalue weighted by Crippen LogP contribution is 2.33. The van der Waals surface area contributed by atoms with Crippen LogP contribution in [-0.2, 0) is 9.53 Å². The summed E-state index contributed by atoms with van der Waals surface area (Å²) in [4.78, 5) is 25.0.